The van der Waals surface area contributed by atoms with E-state index < -0.39 is 5.72 Å². The van der Waals surface area contributed by atoms with E-state index in [1.54, 1.807) is 7.11 Å². The predicted octanol–water partition coefficient (Wildman–Crippen LogP) is 2.98. The molecule has 1 aromatic rings. The summed E-state index contributed by atoms with van der Waals surface area (Å²) in [4.78, 5) is 0. The Morgan fingerprint density at radius 3 is 2.62 bits per heavy atom. The summed E-state index contributed by atoms with van der Waals surface area (Å²) < 4.78 is 5.40. The molecular weight excluding hydrogens is 222 g/mol. The van der Waals surface area contributed by atoms with Gasteiger partial charge in [-0.15, -0.1) is 0 Å². The number of rotatable bonds is 2. The Labute approximate surface area is 100 Å². The van der Waals surface area contributed by atoms with Gasteiger partial charge in [0.25, 0.3) is 0 Å². The second-order valence-electron chi connectivity index (χ2n) is 3.81. The molecule has 0 aromatic heterocycles. The fraction of sp³-hybridized carbons (Fsp3) is 0.231. The summed E-state index contributed by atoms with van der Waals surface area (Å²) in [5, 5.41) is 0.718. The first-order chi connectivity index (χ1) is 7.65. The van der Waals surface area contributed by atoms with Gasteiger partial charge in [-0.2, -0.15) is 0 Å². The summed E-state index contributed by atoms with van der Waals surface area (Å²) in [7, 11) is 1.63. The first-order valence-electron chi connectivity index (χ1n) is 5.13. The highest BCUT2D eigenvalue weighted by Gasteiger charge is 2.30. The topological polar surface area (TPSA) is 35.2 Å². The molecule has 0 bridgehead atoms. The zero-order chi connectivity index (χ0) is 11.6. The lowest BCUT2D eigenvalue weighted by molar-refractivity contribution is 0.0489. The molecule has 0 fully saturated rings. The van der Waals surface area contributed by atoms with Crippen LogP contribution < -0.4 is 5.73 Å². The Hall–Kier alpha value is -1.09. The fourth-order valence-corrected chi connectivity index (χ4v) is 1.95. The van der Waals surface area contributed by atoms with Gasteiger partial charge in [0.1, 0.15) is 5.72 Å². The zero-order valence-corrected chi connectivity index (χ0v) is 9.87. The van der Waals surface area contributed by atoms with Crippen LogP contribution in [0.1, 0.15) is 12.0 Å². The molecule has 2 nitrogen and oxygen atoms in total. The molecule has 0 spiro atoms. The number of halogens is 1. The first-order valence-corrected chi connectivity index (χ1v) is 5.51. The number of methoxy groups -OCH3 is 1. The van der Waals surface area contributed by atoms with Crippen molar-refractivity contribution < 1.29 is 4.74 Å². The van der Waals surface area contributed by atoms with E-state index in [0.29, 0.717) is 6.42 Å². The number of benzene rings is 1. The standard InChI is InChI=1S/C13H14ClNO/c1-16-13(15)9-3-2-4-12(13)10-5-7-11(14)8-6-10/h2-8H,9,15H2,1H3. The minimum absolute atomic E-state index is 0.679. The smallest absolute Gasteiger partial charge is 0.146 e. The van der Waals surface area contributed by atoms with Gasteiger partial charge >= 0.3 is 0 Å². The Morgan fingerprint density at radius 1 is 1.31 bits per heavy atom. The summed E-state index contributed by atoms with van der Waals surface area (Å²) in [6.07, 6.45) is 6.66. The normalized spacial score (nSPS) is 24.3. The maximum Gasteiger partial charge on any atom is 0.146 e. The van der Waals surface area contributed by atoms with E-state index in [1.165, 1.54) is 0 Å². The van der Waals surface area contributed by atoms with Gasteiger partial charge in [0, 0.05) is 24.1 Å². The van der Waals surface area contributed by atoms with Gasteiger partial charge in [0.05, 0.1) is 0 Å². The van der Waals surface area contributed by atoms with E-state index in [1.807, 2.05) is 42.5 Å². The second-order valence-corrected chi connectivity index (χ2v) is 4.25. The third-order valence-electron chi connectivity index (χ3n) is 2.80. The molecule has 0 amide bonds. The van der Waals surface area contributed by atoms with Gasteiger partial charge in [0.15, 0.2) is 0 Å². The maximum atomic E-state index is 6.20. The number of hydrogen-bond donors (Lipinski definition) is 1. The molecule has 1 aromatic carbocycles. The number of hydrogen-bond acceptors (Lipinski definition) is 2. The van der Waals surface area contributed by atoms with Crippen molar-refractivity contribution in [3.8, 4) is 0 Å². The van der Waals surface area contributed by atoms with E-state index in [-0.39, 0.29) is 0 Å². The summed E-state index contributed by atoms with van der Waals surface area (Å²) in [5.74, 6) is 0. The second kappa shape index (κ2) is 4.42. The first kappa shape index (κ1) is 11.4. The van der Waals surface area contributed by atoms with E-state index in [2.05, 4.69) is 0 Å². The number of nitrogens with two attached hydrogens (primary N) is 1. The largest absolute Gasteiger partial charge is 0.359 e. The van der Waals surface area contributed by atoms with Crippen molar-refractivity contribution in [2.45, 2.75) is 12.1 Å². The predicted molar refractivity (Wildman–Crippen MR) is 67.1 cm³/mol. The minimum Gasteiger partial charge on any atom is -0.359 e. The minimum atomic E-state index is -0.734. The van der Waals surface area contributed by atoms with Crippen molar-refractivity contribution in [3.63, 3.8) is 0 Å². The molecular formula is C13H14ClNO. The Bertz CT molecular complexity index is 436. The molecule has 0 saturated heterocycles. The molecule has 1 unspecified atom stereocenters. The fourth-order valence-electron chi connectivity index (χ4n) is 1.82. The third kappa shape index (κ3) is 2.05. The van der Waals surface area contributed by atoms with Crippen LogP contribution in [0.15, 0.2) is 42.5 Å². The van der Waals surface area contributed by atoms with Crippen molar-refractivity contribution in [3.05, 3.63) is 53.1 Å². The highest BCUT2D eigenvalue weighted by molar-refractivity contribution is 6.30. The summed E-state index contributed by atoms with van der Waals surface area (Å²) in [5.41, 5.74) is 7.48. The highest BCUT2D eigenvalue weighted by atomic mass is 35.5. The molecule has 0 aliphatic heterocycles. The van der Waals surface area contributed by atoms with Crippen LogP contribution in [0, 0.1) is 0 Å². The van der Waals surface area contributed by atoms with Crippen molar-refractivity contribution in [2.24, 2.45) is 5.73 Å². The molecule has 1 atom stereocenters. The van der Waals surface area contributed by atoms with Crippen LogP contribution in [-0.4, -0.2) is 12.8 Å². The molecule has 2 N–H and O–H groups in total. The quantitative estimate of drug-likeness (QED) is 0.800. The van der Waals surface area contributed by atoms with E-state index in [0.717, 1.165) is 16.2 Å². The van der Waals surface area contributed by atoms with Gasteiger partial charge in [-0.1, -0.05) is 42.0 Å². The van der Waals surface area contributed by atoms with E-state index in [9.17, 15) is 0 Å². The molecule has 3 heteroatoms. The van der Waals surface area contributed by atoms with Crippen molar-refractivity contribution in [2.75, 3.05) is 7.11 Å². The zero-order valence-electron chi connectivity index (χ0n) is 9.11. The van der Waals surface area contributed by atoms with Crippen LogP contribution in [0.2, 0.25) is 5.02 Å². The lowest BCUT2D eigenvalue weighted by Gasteiger charge is -2.31. The average Bonchev–Trinajstić information content (AvgIpc) is 2.31. The Balaban J connectivity index is 2.41. The molecule has 0 radical (unpaired) electrons. The Kier molecular flexibility index (Phi) is 3.15. The Morgan fingerprint density at radius 2 is 2.00 bits per heavy atom. The average molecular weight is 236 g/mol. The maximum absolute atomic E-state index is 6.20. The number of ether oxygens (including phenoxy) is 1. The molecule has 0 saturated carbocycles. The van der Waals surface area contributed by atoms with Gasteiger partial charge in [-0.3, -0.25) is 5.73 Å². The third-order valence-corrected chi connectivity index (χ3v) is 3.05. The van der Waals surface area contributed by atoms with Crippen LogP contribution in [0.4, 0.5) is 0 Å². The summed E-state index contributed by atoms with van der Waals surface area (Å²) >= 11 is 5.86. The molecule has 2 rings (SSSR count). The van der Waals surface area contributed by atoms with E-state index >= 15 is 0 Å². The molecule has 84 valence electrons. The van der Waals surface area contributed by atoms with Gasteiger partial charge in [-0.05, 0) is 17.7 Å². The van der Waals surface area contributed by atoms with Crippen LogP contribution in [0.3, 0.4) is 0 Å². The van der Waals surface area contributed by atoms with Crippen LogP contribution >= 0.6 is 11.6 Å². The molecule has 1 aliphatic carbocycles. The van der Waals surface area contributed by atoms with Gasteiger partial charge in [-0.25, -0.2) is 0 Å². The van der Waals surface area contributed by atoms with Gasteiger partial charge < -0.3 is 4.74 Å². The highest BCUT2D eigenvalue weighted by Crippen LogP contribution is 2.32. The van der Waals surface area contributed by atoms with Crippen molar-refractivity contribution in [1.29, 1.82) is 0 Å². The SMILES string of the molecule is COC1(N)CC=CC=C1c1ccc(Cl)cc1. The lowest BCUT2D eigenvalue weighted by Crippen LogP contribution is -2.43. The van der Waals surface area contributed by atoms with Crippen LogP contribution in [-0.2, 0) is 4.74 Å². The van der Waals surface area contributed by atoms with Crippen molar-refractivity contribution in [1.82, 2.24) is 0 Å². The van der Waals surface area contributed by atoms with Crippen LogP contribution in [0.25, 0.3) is 5.57 Å². The molecule has 0 heterocycles. The molecule has 16 heavy (non-hydrogen) atoms. The van der Waals surface area contributed by atoms with Gasteiger partial charge in [0.2, 0.25) is 0 Å². The monoisotopic (exact) mass is 235 g/mol. The lowest BCUT2D eigenvalue weighted by atomic mass is 9.89. The van der Waals surface area contributed by atoms with Crippen molar-refractivity contribution >= 4 is 17.2 Å². The van der Waals surface area contributed by atoms with E-state index in [4.69, 9.17) is 22.1 Å². The molecule has 1 aliphatic rings. The summed E-state index contributed by atoms with van der Waals surface area (Å²) in [6.45, 7) is 0. The van der Waals surface area contributed by atoms with Crippen LogP contribution in [0.5, 0.6) is 0 Å². The summed E-state index contributed by atoms with van der Waals surface area (Å²) in [6, 6.07) is 7.61. The number of allylic oxidation sites excluding steroid dienone is 2.